The highest BCUT2D eigenvalue weighted by Crippen LogP contribution is 2.28. The average molecular weight is 318 g/mol. The first-order valence-electron chi connectivity index (χ1n) is 7.00. The first kappa shape index (κ1) is 14.8. The van der Waals surface area contributed by atoms with Crippen molar-refractivity contribution in [2.24, 2.45) is 0 Å². The fourth-order valence-corrected chi connectivity index (χ4v) is 2.75. The number of ether oxygens (including phenoxy) is 1. The quantitative estimate of drug-likeness (QED) is 0.913. The molecule has 0 unspecified atom stereocenters. The largest absolute Gasteiger partial charge is 0.495 e. The van der Waals surface area contributed by atoms with Crippen molar-refractivity contribution < 1.29 is 9.53 Å². The predicted molar refractivity (Wildman–Crippen MR) is 85.6 cm³/mol. The molecule has 1 amide bonds. The van der Waals surface area contributed by atoms with Crippen molar-refractivity contribution in [3.05, 3.63) is 52.3 Å². The molecule has 0 bridgehead atoms. The van der Waals surface area contributed by atoms with Crippen LogP contribution in [0.5, 0.6) is 5.75 Å². The highest BCUT2D eigenvalue weighted by molar-refractivity contribution is 6.31. The van der Waals surface area contributed by atoms with E-state index in [1.54, 1.807) is 37.7 Å². The molecule has 6 heteroatoms. The fraction of sp³-hybridized carbons (Fsp3) is 0.250. The van der Waals surface area contributed by atoms with Crippen molar-refractivity contribution in [1.82, 2.24) is 10.3 Å². The molecule has 5 nitrogen and oxygen atoms in total. The number of fused-ring (bicyclic) bond motifs is 1. The van der Waals surface area contributed by atoms with E-state index in [2.05, 4.69) is 15.6 Å². The Morgan fingerprint density at radius 3 is 3.09 bits per heavy atom. The second kappa shape index (κ2) is 6.34. The summed E-state index contributed by atoms with van der Waals surface area (Å²) in [4.78, 5) is 16.8. The maximum Gasteiger partial charge on any atom is 0.257 e. The van der Waals surface area contributed by atoms with Crippen molar-refractivity contribution >= 4 is 23.2 Å². The molecule has 0 spiro atoms. The van der Waals surface area contributed by atoms with Gasteiger partial charge in [0.15, 0.2) is 0 Å². The van der Waals surface area contributed by atoms with E-state index in [1.165, 1.54) is 0 Å². The molecule has 1 aromatic carbocycles. The third-order valence-electron chi connectivity index (χ3n) is 3.67. The Labute approximate surface area is 133 Å². The highest BCUT2D eigenvalue weighted by Gasteiger charge is 2.19. The van der Waals surface area contributed by atoms with E-state index in [0.717, 1.165) is 30.6 Å². The standard InChI is InChI=1S/C16H16ClN3O2/c1-22-15-3-2-11(17)6-14(15)20-16(21)13-9-19-8-10-7-18-5-4-12(10)13/h2-3,6,8-9,18H,4-5,7H2,1H3,(H,20,21). The van der Waals surface area contributed by atoms with Gasteiger partial charge < -0.3 is 15.4 Å². The summed E-state index contributed by atoms with van der Waals surface area (Å²) in [6.45, 7) is 1.60. The lowest BCUT2D eigenvalue weighted by Gasteiger charge is -2.19. The first-order chi connectivity index (χ1) is 10.7. The number of carbonyl (C=O) groups excluding carboxylic acids is 1. The van der Waals surface area contributed by atoms with Crippen LogP contribution in [0.2, 0.25) is 5.02 Å². The Balaban J connectivity index is 1.91. The minimum atomic E-state index is -0.202. The zero-order valence-corrected chi connectivity index (χ0v) is 12.9. The van der Waals surface area contributed by atoms with E-state index >= 15 is 0 Å². The van der Waals surface area contributed by atoms with Crippen LogP contribution in [0.4, 0.5) is 5.69 Å². The Morgan fingerprint density at radius 2 is 2.27 bits per heavy atom. The predicted octanol–water partition coefficient (Wildman–Crippen LogP) is 2.64. The summed E-state index contributed by atoms with van der Waals surface area (Å²) in [5.74, 6) is 0.365. The van der Waals surface area contributed by atoms with E-state index in [-0.39, 0.29) is 5.91 Å². The molecule has 0 radical (unpaired) electrons. The molecular formula is C16H16ClN3O2. The molecule has 2 aromatic rings. The average Bonchev–Trinajstić information content (AvgIpc) is 2.54. The lowest BCUT2D eigenvalue weighted by molar-refractivity contribution is 0.102. The zero-order chi connectivity index (χ0) is 15.5. The van der Waals surface area contributed by atoms with Gasteiger partial charge in [-0.2, -0.15) is 0 Å². The van der Waals surface area contributed by atoms with Gasteiger partial charge in [0.25, 0.3) is 5.91 Å². The smallest absolute Gasteiger partial charge is 0.257 e. The molecule has 0 saturated heterocycles. The van der Waals surface area contributed by atoms with Crippen LogP contribution in [0.1, 0.15) is 21.5 Å². The van der Waals surface area contributed by atoms with E-state index in [4.69, 9.17) is 16.3 Å². The number of hydrogen-bond donors (Lipinski definition) is 2. The molecule has 1 aromatic heterocycles. The molecule has 2 N–H and O–H groups in total. The minimum Gasteiger partial charge on any atom is -0.495 e. The van der Waals surface area contributed by atoms with E-state index in [1.807, 2.05) is 0 Å². The van der Waals surface area contributed by atoms with Crippen molar-refractivity contribution in [2.45, 2.75) is 13.0 Å². The Bertz CT molecular complexity index is 719. The zero-order valence-electron chi connectivity index (χ0n) is 12.1. The third-order valence-corrected chi connectivity index (χ3v) is 3.90. The Hall–Kier alpha value is -2.11. The molecule has 0 atom stereocenters. The monoisotopic (exact) mass is 317 g/mol. The summed E-state index contributed by atoms with van der Waals surface area (Å²) < 4.78 is 5.25. The van der Waals surface area contributed by atoms with Gasteiger partial charge in [-0.1, -0.05) is 11.6 Å². The minimum absolute atomic E-state index is 0.202. The third kappa shape index (κ3) is 2.91. The van der Waals surface area contributed by atoms with Crippen molar-refractivity contribution in [3.63, 3.8) is 0 Å². The number of amides is 1. The molecular weight excluding hydrogens is 302 g/mol. The van der Waals surface area contributed by atoms with Crippen LogP contribution >= 0.6 is 11.6 Å². The van der Waals surface area contributed by atoms with E-state index < -0.39 is 0 Å². The van der Waals surface area contributed by atoms with Crippen molar-refractivity contribution in [1.29, 1.82) is 0 Å². The van der Waals surface area contributed by atoms with Gasteiger partial charge in [-0.15, -0.1) is 0 Å². The molecule has 2 heterocycles. The number of halogens is 1. The maximum absolute atomic E-state index is 12.6. The summed E-state index contributed by atoms with van der Waals surface area (Å²) in [5.41, 5.74) is 3.26. The second-order valence-corrected chi connectivity index (χ2v) is 5.49. The van der Waals surface area contributed by atoms with Gasteiger partial charge >= 0.3 is 0 Å². The van der Waals surface area contributed by atoms with Crippen LogP contribution in [-0.2, 0) is 13.0 Å². The number of hydrogen-bond acceptors (Lipinski definition) is 4. The molecule has 1 aliphatic rings. The summed E-state index contributed by atoms with van der Waals surface area (Å²) in [5, 5.41) is 6.67. The number of anilines is 1. The van der Waals surface area contributed by atoms with Gasteiger partial charge in [0.1, 0.15) is 5.75 Å². The van der Waals surface area contributed by atoms with Crippen LogP contribution in [0.3, 0.4) is 0 Å². The van der Waals surface area contributed by atoms with Crippen LogP contribution < -0.4 is 15.4 Å². The van der Waals surface area contributed by atoms with Gasteiger partial charge in [0, 0.05) is 24.0 Å². The number of benzene rings is 1. The molecule has 114 valence electrons. The number of carbonyl (C=O) groups is 1. The molecule has 22 heavy (non-hydrogen) atoms. The van der Waals surface area contributed by atoms with Gasteiger partial charge in [-0.3, -0.25) is 9.78 Å². The Morgan fingerprint density at radius 1 is 1.41 bits per heavy atom. The topological polar surface area (TPSA) is 63.2 Å². The van der Waals surface area contributed by atoms with Gasteiger partial charge in [0.05, 0.1) is 18.4 Å². The number of nitrogens with zero attached hydrogens (tertiary/aromatic N) is 1. The summed E-state index contributed by atoms with van der Waals surface area (Å²) in [6, 6.07) is 5.11. The molecule has 0 saturated carbocycles. The molecule has 0 aliphatic carbocycles. The van der Waals surface area contributed by atoms with Gasteiger partial charge in [0.2, 0.25) is 0 Å². The van der Waals surface area contributed by atoms with E-state index in [0.29, 0.717) is 22.0 Å². The lowest BCUT2D eigenvalue weighted by Crippen LogP contribution is -2.27. The summed E-state index contributed by atoms with van der Waals surface area (Å²) in [7, 11) is 1.55. The first-order valence-corrected chi connectivity index (χ1v) is 7.38. The lowest BCUT2D eigenvalue weighted by atomic mass is 9.98. The van der Waals surface area contributed by atoms with Crippen molar-refractivity contribution in [2.75, 3.05) is 19.0 Å². The fourth-order valence-electron chi connectivity index (χ4n) is 2.58. The van der Waals surface area contributed by atoms with Crippen molar-refractivity contribution in [3.8, 4) is 5.75 Å². The number of pyridine rings is 1. The number of nitrogens with one attached hydrogen (secondary N) is 2. The molecule has 1 aliphatic heterocycles. The summed E-state index contributed by atoms with van der Waals surface area (Å²) >= 11 is 5.99. The van der Waals surface area contributed by atoms with Crippen LogP contribution in [-0.4, -0.2) is 24.5 Å². The maximum atomic E-state index is 12.6. The molecule has 0 fully saturated rings. The van der Waals surface area contributed by atoms with Gasteiger partial charge in [-0.05, 0) is 42.3 Å². The molecule has 3 rings (SSSR count). The summed E-state index contributed by atoms with van der Waals surface area (Å²) in [6.07, 6.45) is 4.22. The highest BCUT2D eigenvalue weighted by atomic mass is 35.5. The van der Waals surface area contributed by atoms with Gasteiger partial charge in [-0.25, -0.2) is 0 Å². The number of aromatic nitrogens is 1. The van der Waals surface area contributed by atoms with Crippen LogP contribution in [0, 0.1) is 0 Å². The van der Waals surface area contributed by atoms with Crippen LogP contribution in [0.15, 0.2) is 30.6 Å². The van der Waals surface area contributed by atoms with E-state index in [9.17, 15) is 4.79 Å². The normalized spacial score (nSPS) is 13.4. The number of rotatable bonds is 3. The SMILES string of the molecule is COc1ccc(Cl)cc1NC(=O)c1cncc2c1CCNC2. The second-order valence-electron chi connectivity index (χ2n) is 5.05. The number of methoxy groups -OCH3 is 1. The Kier molecular flexibility index (Phi) is 4.27. The van der Waals surface area contributed by atoms with Crippen LogP contribution in [0.25, 0.3) is 0 Å².